The van der Waals surface area contributed by atoms with Crippen LogP contribution in [0.25, 0.3) is 5.69 Å². The van der Waals surface area contributed by atoms with Crippen molar-refractivity contribution >= 4 is 17.5 Å². The molecule has 7 heteroatoms. The van der Waals surface area contributed by atoms with Crippen molar-refractivity contribution in [1.29, 1.82) is 0 Å². The second-order valence-electron chi connectivity index (χ2n) is 7.84. The predicted octanol–water partition coefficient (Wildman–Crippen LogP) is 3.72. The van der Waals surface area contributed by atoms with Crippen LogP contribution in [0, 0.1) is 6.92 Å². The molecule has 3 aromatic rings. The zero-order valence-corrected chi connectivity index (χ0v) is 18.2. The van der Waals surface area contributed by atoms with Gasteiger partial charge in [0.25, 0.3) is 5.91 Å². The first-order valence-electron chi connectivity index (χ1n) is 10.5. The number of carbonyl (C=O) groups is 1. The first-order valence-corrected chi connectivity index (χ1v) is 10.8. The molecule has 31 heavy (non-hydrogen) atoms. The molecular weight excluding hydrogens is 412 g/mol. The van der Waals surface area contributed by atoms with E-state index < -0.39 is 11.3 Å². The van der Waals surface area contributed by atoms with Crippen LogP contribution in [0.3, 0.4) is 0 Å². The maximum Gasteiger partial charge on any atom is 0.276 e. The summed E-state index contributed by atoms with van der Waals surface area (Å²) in [5, 5.41) is 7.58. The number of amides is 1. The number of hydrogen-bond donors (Lipinski definition) is 1. The number of nitrogens with one attached hydrogen (secondary N) is 1. The fourth-order valence-electron chi connectivity index (χ4n) is 3.80. The molecule has 1 aliphatic heterocycles. The Morgan fingerprint density at radius 2 is 1.74 bits per heavy atom. The number of aryl methyl sites for hydroxylation is 1. The minimum absolute atomic E-state index is 0.156. The normalized spacial score (nSPS) is 14.0. The topological polar surface area (TPSA) is 67.2 Å². The van der Waals surface area contributed by atoms with Crippen molar-refractivity contribution in [3.05, 3.63) is 92.4 Å². The van der Waals surface area contributed by atoms with Crippen LogP contribution >= 0.6 is 11.6 Å². The highest BCUT2D eigenvalue weighted by Crippen LogP contribution is 2.19. The van der Waals surface area contributed by atoms with Gasteiger partial charge in [-0.2, -0.15) is 5.10 Å². The van der Waals surface area contributed by atoms with E-state index >= 15 is 0 Å². The van der Waals surface area contributed by atoms with Crippen LogP contribution in [0.4, 0.5) is 0 Å². The molecule has 0 spiro atoms. The fourth-order valence-corrected chi connectivity index (χ4v) is 4.02. The van der Waals surface area contributed by atoms with E-state index in [0.717, 1.165) is 25.2 Å². The molecular formula is C24H25ClN4O2. The van der Waals surface area contributed by atoms with Crippen molar-refractivity contribution in [3.8, 4) is 5.69 Å². The van der Waals surface area contributed by atoms with Gasteiger partial charge in [0.15, 0.2) is 5.69 Å². The van der Waals surface area contributed by atoms with Crippen LogP contribution in [0.15, 0.2) is 59.4 Å². The fraction of sp³-hybridized carbons (Fsp3) is 0.292. The molecule has 1 aromatic heterocycles. The molecule has 0 atom stereocenters. The molecule has 1 N–H and O–H groups in total. The first-order chi connectivity index (χ1) is 15.0. The van der Waals surface area contributed by atoms with Crippen LogP contribution in [0.2, 0.25) is 5.02 Å². The van der Waals surface area contributed by atoms with Gasteiger partial charge < -0.3 is 5.32 Å². The molecule has 160 valence electrons. The molecule has 0 unspecified atom stereocenters. The highest BCUT2D eigenvalue weighted by atomic mass is 35.5. The van der Waals surface area contributed by atoms with Gasteiger partial charge in [-0.3, -0.25) is 14.5 Å². The molecule has 0 bridgehead atoms. The van der Waals surface area contributed by atoms with Gasteiger partial charge in [0, 0.05) is 24.8 Å². The predicted molar refractivity (Wildman–Crippen MR) is 122 cm³/mol. The third-order valence-electron chi connectivity index (χ3n) is 5.48. The molecule has 1 amide bonds. The molecule has 1 aliphatic rings. The smallest absolute Gasteiger partial charge is 0.276 e. The van der Waals surface area contributed by atoms with Crippen molar-refractivity contribution in [3.63, 3.8) is 0 Å². The summed E-state index contributed by atoms with van der Waals surface area (Å²) in [4.78, 5) is 27.5. The van der Waals surface area contributed by atoms with Crippen molar-refractivity contribution < 1.29 is 4.79 Å². The van der Waals surface area contributed by atoms with Gasteiger partial charge >= 0.3 is 0 Å². The number of rotatable bonds is 6. The molecule has 0 saturated carbocycles. The standard InChI is InChI=1S/C24H25ClN4O2/c1-17-14-22(30)23(27-29(17)21-7-3-2-6-20(21)25)24(31)26-15-18-8-10-19(11-9-18)16-28-12-4-5-13-28/h2-3,6-11,14H,4-5,12-13,15-16H2,1H3,(H,26,31). The Hall–Kier alpha value is -2.96. The Labute approximate surface area is 186 Å². The Bertz CT molecular complexity index is 1140. The highest BCUT2D eigenvalue weighted by molar-refractivity contribution is 6.32. The number of para-hydroxylation sites is 1. The third kappa shape index (κ3) is 5.03. The van der Waals surface area contributed by atoms with E-state index in [4.69, 9.17) is 11.6 Å². The van der Waals surface area contributed by atoms with Crippen LogP contribution in [0.1, 0.15) is 40.2 Å². The van der Waals surface area contributed by atoms with Crippen molar-refractivity contribution in [2.45, 2.75) is 32.9 Å². The number of aromatic nitrogens is 2. The van der Waals surface area contributed by atoms with Gasteiger partial charge in [-0.1, -0.05) is 48.0 Å². The molecule has 1 saturated heterocycles. The van der Waals surface area contributed by atoms with Gasteiger partial charge in [0.2, 0.25) is 5.43 Å². The van der Waals surface area contributed by atoms with Crippen molar-refractivity contribution in [2.75, 3.05) is 13.1 Å². The molecule has 0 radical (unpaired) electrons. The average Bonchev–Trinajstić information content (AvgIpc) is 3.27. The Balaban J connectivity index is 1.45. The summed E-state index contributed by atoms with van der Waals surface area (Å²) in [6.45, 7) is 5.36. The Kier molecular flexibility index (Phi) is 6.49. The molecule has 2 aromatic carbocycles. The largest absolute Gasteiger partial charge is 0.346 e. The lowest BCUT2D eigenvalue weighted by Crippen LogP contribution is -2.31. The number of nitrogens with zero attached hydrogens (tertiary/aromatic N) is 3. The Morgan fingerprint density at radius 3 is 2.45 bits per heavy atom. The van der Waals surface area contributed by atoms with Crippen molar-refractivity contribution in [1.82, 2.24) is 20.0 Å². The summed E-state index contributed by atoms with van der Waals surface area (Å²) in [5.41, 5.74) is 2.87. The van der Waals surface area contributed by atoms with Crippen LogP contribution in [-0.2, 0) is 13.1 Å². The number of halogens is 1. The maximum atomic E-state index is 12.7. The van der Waals surface area contributed by atoms with Gasteiger partial charge in [0.1, 0.15) is 0 Å². The van der Waals surface area contributed by atoms with Gasteiger partial charge in [-0.05, 0) is 56.1 Å². The quantitative estimate of drug-likeness (QED) is 0.639. The molecule has 2 heterocycles. The lowest BCUT2D eigenvalue weighted by molar-refractivity contribution is 0.0943. The molecule has 0 aliphatic carbocycles. The lowest BCUT2D eigenvalue weighted by atomic mass is 10.1. The summed E-state index contributed by atoms with van der Waals surface area (Å²) < 4.78 is 1.52. The maximum absolute atomic E-state index is 12.7. The van der Waals surface area contributed by atoms with E-state index in [2.05, 4.69) is 27.4 Å². The molecule has 6 nitrogen and oxygen atoms in total. The number of carbonyl (C=O) groups excluding carboxylic acids is 1. The first kappa shape index (κ1) is 21.3. The summed E-state index contributed by atoms with van der Waals surface area (Å²) in [5.74, 6) is -0.507. The van der Waals surface area contributed by atoms with Crippen LogP contribution < -0.4 is 10.7 Å². The van der Waals surface area contributed by atoms with E-state index in [9.17, 15) is 9.59 Å². The summed E-state index contributed by atoms with van der Waals surface area (Å²) in [7, 11) is 0. The number of hydrogen-bond acceptors (Lipinski definition) is 4. The lowest BCUT2D eigenvalue weighted by Gasteiger charge is -2.15. The SMILES string of the molecule is Cc1cc(=O)c(C(=O)NCc2ccc(CN3CCCC3)cc2)nn1-c1ccccc1Cl. The zero-order chi connectivity index (χ0) is 21.8. The van der Waals surface area contributed by atoms with Gasteiger partial charge in [0.05, 0.1) is 10.7 Å². The van der Waals surface area contributed by atoms with E-state index in [1.165, 1.54) is 29.2 Å². The van der Waals surface area contributed by atoms with Crippen LogP contribution in [-0.4, -0.2) is 33.7 Å². The molecule has 4 rings (SSSR count). The number of likely N-dealkylation sites (tertiary alicyclic amines) is 1. The van der Waals surface area contributed by atoms with E-state index in [-0.39, 0.29) is 5.69 Å². The zero-order valence-electron chi connectivity index (χ0n) is 17.5. The number of benzene rings is 2. The van der Waals surface area contributed by atoms with E-state index in [1.807, 2.05) is 24.3 Å². The van der Waals surface area contributed by atoms with Gasteiger partial charge in [-0.15, -0.1) is 0 Å². The average molecular weight is 437 g/mol. The monoisotopic (exact) mass is 436 g/mol. The minimum Gasteiger partial charge on any atom is -0.346 e. The summed E-state index contributed by atoms with van der Waals surface area (Å²) in [6.07, 6.45) is 2.55. The van der Waals surface area contributed by atoms with Gasteiger partial charge in [-0.25, -0.2) is 4.68 Å². The van der Waals surface area contributed by atoms with Crippen molar-refractivity contribution in [2.24, 2.45) is 0 Å². The van der Waals surface area contributed by atoms with E-state index in [1.54, 1.807) is 19.1 Å². The second kappa shape index (κ2) is 9.45. The Morgan fingerprint density at radius 1 is 1.06 bits per heavy atom. The third-order valence-corrected chi connectivity index (χ3v) is 5.80. The van der Waals surface area contributed by atoms with E-state index in [0.29, 0.717) is 22.9 Å². The molecule has 1 fully saturated rings. The minimum atomic E-state index is -0.507. The van der Waals surface area contributed by atoms with Crippen LogP contribution in [0.5, 0.6) is 0 Å². The second-order valence-corrected chi connectivity index (χ2v) is 8.25. The summed E-state index contributed by atoms with van der Waals surface area (Å²) >= 11 is 6.27. The highest BCUT2D eigenvalue weighted by Gasteiger charge is 2.16. The summed E-state index contributed by atoms with van der Waals surface area (Å²) in [6, 6.07) is 16.8.